The normalized spacial score (nSPS) is 20.0. The van der Waals surface area contributed by atoms with E-state index in [1.54, 1.807) is 19.2 Å². The second-order valence-corrected chi connectivity index (χ2v) is 6.70. The number of nitrogens with zero attached hydrogens (tertiary/aromatic N) is 1. The van der Waals surface area contributed by atoms with E-state index in [4.69, 9.17) is 14.2 Å². The first-order valence-electron chi connectivity index (χ1n) is 8.11. The maximum absolute atomic E-state index is 13.7. The van der Waals surface area contributed by atoms with Crippen LogP contribution in [0.5, 0.6) is 5.75 Å². The van der Waals surface area contributed by atoms with Gasteiger partial charge in [0.05, 0.1) is 25.4 Å². The van der Waals surface area contributed by atoms with Gasteiger partial charge in [-0.25, -0.2) is 4.39 Å². The molecule has 1 aliphatic rings. The van der Waals surface area contributed by atoms with Crippen LogP contribution in [0.2, 0.25) is 0 Å². The van der Waals surface area contributed by atoms with E-state index in [9.17, 15) is 9.18 Å². The molecule has 1 amide bonds. The third-order valence-corrected chi connectivity index (χ3v) is 4.03. The molecule has 0 saturated carbocycles. The second kappa shape index (κ2) is 7.94. The lowest BCUT2D eigenvalue weighted by Gasteiger charge is -2.42. The molecule has 0 N–H and O–H groups in total. The number of hydrogen-bond acceptors (Lipinski definition) is 4. The molecule has 0 aliphatic carbocycles. The smallest absolute Gasteiger partial charge is 0.223 e. The largest absolute Gasteiger partial charge is 0.494 e. The van der Waals surface area contributed by atoms with Crippen molar-refractivity contribution in [2.75, 3.05) is 33.9 Å². The average molecular weight is 339 g/mol. The highest BCUT2D eigenvalue weighted by molar-refractivity contribution is 5.76. The minimum absolute atomic E-state index is 0.0451. The van der Waals surface area contributed by atoms with Gasteiger partial charge >= 0.3 is 0 Å². The Kier molecular flexibility index (Phi) is 6.18. The molecule has 1 saturated heterocycles. The summed E-state index contributed by atoms with van der Waals surface area (Å²) < 4.78 is 29.7. The molecule has 1 aromatic rings. The fourth-order valence-electron chi connectivity index (χ4n) is 3.03. The van der Waals surface area contributed by atoms with Gasteiger partial charge in [-0.2, -0.15) is 0 Å². The van der Waals surface area contributed by atoms with Crippen LogP contribution in [0.3, 0.4) is 0 Å². The van der Waals surface area contributed by atoms with Gasteiger partial charge in [0.15, 0.2) is 11.6 Å². The van der Waals surface area contributed by atoms with Crippen molar-refractivity contribution in [3.63, 3.8) is 0 Å². The molecule has 0 aromatic heterocycles. The summed E-state index contributed by atoms with van der Waals surface area (Å²) in [6.07, 6.45) is 0.703. The molecule has 1 aromatic carbocycles. The SMILES string of the molecule is COC[C@@H]1CN(C(=O)CCc2ccc(OC)c(F)c2)CC(C)(C)O1. The van der Waals surface area contributed by atoms with Gasteiger partial charge in [0, 0.05) is 26.6 Å². The van der Waals surface area contributed by atoms with E-state index in [-0.39, 0.29) is 17.8 Å². The van der Waals surface area contributed by atoms with Crippen LogP contribution in [0.1, 0.15) is 25.8 Å². The summed E-state index contributed by atoms with van der Waals surface area (Å²) in [6, 6.07) is 4.79. The molecular formula is C18H26FNO4. The van der Waals surface area contributed by atoms with Crippen molar-refractivity contribution < 1.29 is 23.4 Å². The fraction of sp³-hybridized carbons (Fsp3) is 0.611. The molecular weight excluding hydrogens is 313 g/mol. The maximum Gasteiger partial charge on any atom is 0.223 e. The molecule has 6 heteroatoms. The van der Waals surface area contributed by atoms with Gasteiger partial charge in [0.2, 0.25) is 5.91 Å². The van der Waals surface area contributed by atoms with Gasteiger partial charge in [0.25, 0.3) is 0 Å². The number of benzene rings is 1. The lowest BCUT2D eigenvalue weighted by atomic mass is 10.0. The Morgan fingerprint density at radius 1 is 1.42 bits per heavy atom. The van der Waals surface area contributed by atoms with Crippen molar-refractivity contribution in [3.05, 3.63) is 29.6 Å². The Morgan fingerprint density at radius 3 is 2.79 bits per heavy atom. The minimum Gasteiger partial charge on any atom is -0.494 e. The zero-order valence-electron chi connectivity index (χ0n) is 14.8. The minimum atomic E-state index is -0.407. The van der Waals surface area contributed by atoms with E-state index in [1.807, 2.05) is 18.7 Å². The van der Waals surface area contributed by atoms with Gasteiger partial charge < -0.3 is 19.1 Å². The van der Waals surface area contributed by atoms with E-state index < -0.39 is 11.4 Å². The van der Waals surface area contributed by atoms with Crippen molar-refractivity contribution in [3.8, 4) is 5.75 Å². The van der Waals surface area contributed by atoms with Crippen LogP contribution in [0, 0.1) is 5.82 Å². The highest BCUT2D eigenvalue weighted by Gasteiger charge is 2.35. The number of carbonyl (C=O) groups excluding carboxylic acids is 1. The number of aryl methyl sites for hydroxylation is 1. The number of hydrogen-bond donors (Lipinski definition) is 0. The number of carbonyl (C=O) groups is 1. The molecule has 134 valence electrons. The first kappa shape index (κ1) is 18.7. The van der Waals surface area contributed by atoms with Gasteiger partial charge in [-0.3, -0.25) is 4.79 Å². The van der Waals surface area contributed by atoms with Crippen molar-refractivity contribution in [1.29, 1.82) is 0 Å². The molecule has 2 rings (SSSR count). The van der Waals surface area contributed by atoms with E-state index >= 15 is 0 Å². The maximum atomic E-state index is 13.7. The van der Waals surface area contributed by atoms with Gasteiger partial charge in [-0.1, -0.05) is 6.07 Å². The topological polar surface area (TPSA) is 48.0 Å². The molecule has 0 spiro atoms. The molecule has 1 atom stereocenters. The fourth-order valence-corrected chi connectivity index (χ4v) is 3.03. The standard InChI is InChI=1S/C18H26FNO4/c1-18(2)12-20(10-14(24-18)11-22-3)17(21)8-6-13-5-7-16(23-4)15(19)9-13/h5,7,9,14H,6,8,10-12H2,1-4H3/t14-/m0/s1. The van der Waals surface area contributed by atoms with Crippen molar-refractivity contribution >= 4 is 5.91 Å². The summed E-state index contributed by atoms with van der Waals surface area (Å²) in [4.78, 5) is 14.3. The van der Waals surface area contributed by atoms with Crippen LogP contribution in [0.15, 0.2) is 18.2 Å². The quantitative estimate of drug-likeness (QED) is 0.799. The number of methoxy groups -OCH3 is 2. The highest BCUT2D eigenvalue weighted by Crippen LogP contribution is 2.23. The summed E-state index contributed by atoms with van der Waals surface area (Å²) in [5.74, 6) is -0.152. The molecule has 5 nitrogen and oxygen atoms in total. The molecule has 1 heterocycles. The molecule has 0 unspecified atom stereocenters. The Balaban J connectivity index is 1.94. The van der Waals surface area contributed by atoms with Gasteiger partial charge in [0.1, 0.15) is 0 Å². The lowest BCUT2D eigenvalue weighted by Crippen LogP contribution is -2.55. The van der Waals surface area contributed by atoms with Gasteiger partial charge in [-0.05, 0) is 38.0 Å². The molecule has 0 bridgehead atoms. The first-order chi connectivity index (χ1) is 11.3. The van der Waals surface area contributed by atoms with Crippen molar-refractivity contribution in [1.82, 2.24) is 4.90 Å². The predicted molar refractivity (Wildman–Crippen MR) is 88.7 cm³/mol. The summed E-state index contributed by atoms with van der Waals surface area (Å²) in [7, 11) is 3.05. The van der Waals surface area contributed by atoms with E-state index in [1.165, 1.54) is 13.2 Å². The van der Waals surface area contributed by atoms with Crippen LogP contribution in [0.25, 0.3) is 0 Å². The number of rotatable bonds is 6. The van der Waals surface area contributed by atoms with E-state index in [2.05, 4.69) is 0 Å². The van der Waals surface area contributed by atoms with Crippen molar-refractivity contribution in [2.45, 2.75) is 38.4 Å². The molecule has 0 radical (unpaired) electrons. The van der Waals surface area contributed by atoms with Crippen molar-refractivity contribution in [2.24, 2.45) is 0 Å². The third kappa shape index (κ3) is 4.92. The number of halogens is 1. The van der Waals surface area contributed by atoms with Crippen LogP contribution >= 0.6 is 0 Å². The number of morpholine rings is 1. The zero-order chi connectivity index (χ0) is 17.7. The first-order valence-corrected chi connectivity index (χ1v) is 8.11. The monoisotopic (exact) mass is 339 g/mol. The van der Waals surface area contributed by atoms with Crippen LogP contribution in [-0.2, 0) is 20.7 Å². The number of ether oxygens (including phenoxy) is 3. The second-order valence-electron chi connectivity index (χ2n) is 6.70. The van der Waals surface area contributed by atoms with E-state index in [0.717, 1.165) is 5.56 Å². The summed E-state index contributed by atoms with van der Waals surface area (Å²) in [5, 5.41) is 0. The number of amides is 1. The van der Waals surface area contributed by atoms with Gasteiger partial charge in [-0.15, -0.1) is 0 Å². The molecule has 1 fully saturated rings. The van der Waals surface area contributed by atoms with Crippen LogP contribution in [0.4, 0.5) is 4.39 Å². The highest BCUT2D eigenvalue weighted by atomic mass is 19.1. The Bertz CT molecular complexity index is 576. The van der Waals surface area contributed by atoms with Crippen LogP contribution < -0.4 is 4.74 Å². The average Bonchev–Trinajstić information content (AvgIpc) is 2.51. The zero-order valence-corrected chi connectivity index (χ0v) is 14.8. The summed E-state index contributed by atoms with van der Waals surface area (Å²) in [6.45, 7) is 5.45. The summed E-state index contributed by atoms with van der Waals surface area (Å²) >= 11 is 0. The molecule has 24 heavy (non-hydrogen) atoms. The summed E-state index contributed by atoms with van der Waals surface area (Å²) in [5.41, 5.74) is 0.381. The lowest BCUT2D eigenvalue weighted by molar-refractivity contribution is -0.168. The predicted octanol–water partition coefficient (Wildman–Crippen LogP) is 2.42. The Labute approximate surface area is 142 Å². The van der Waals surface area contributed by atoms with Crippen LogP contribution in [-0.4, -0.2) is 56.4 Å². The molecule has 1 aliphatic heterocycles. The Hall–Kier alpha value is -1.66. The third-order valence-electron chi connectivity index (χ3n) is 4.03. The van der Waals surface area contributed by atoms with E-state index in [0.29, 0.717) is 32.5 Å². The Morgan fingerprint density at radius 2 is 2.17 bits per heavy atom.